The fourth-order valence-corrected chi connectivity index (χ4v) is 2.02. The Labute approximate surface area is 93.1 Å². The maximum absolute atomic E-state index is 4.44. The number of aryl methyl sites for hydroxylation is 1. The molecule has 2 rings (SSSR count). The minimum atomic E-state index is 0.101. The average molecular weight is 222 g/mol. The summed E-state index contributed by atoms with van der Waals surface area (Å²) < 4.78 is 5.75. The largest absolute Gasteiger partial charge is 0.271 e. The molecule has 0 spiro atoms. The molecule has 0 N–H and O–H groups in total. The van der Waals surface area contributed by atoms with Crippen molar-refractivity contribution in [1.29, 1.82) is 0 Å². The van der Waals surface area contributed by atoms with Gasteiger partial charge in [-0.15, -0.1) is 5.10 Å². The van der Waals surface area contributed by atoms with E-state index in [4.69, 9.17) is 0 Å². The topological polar surface area (TPSA) is 43.6 Å². The van der Waals surface area contributed by atoms with E-state index >= 15 is 0 Å². The monoisotopic (exact) mass is 222 g/mol. The van der Waals surface area contributed by atoms with Crippen molar-refractivity contribution in [3.8, 4) is 11.4 Å². The van der Waals surface area contributed by atoms with Gasteiger partial charge in [-0.2, -0.15) is 5.10 Å². The summed E-state index contributed by atoms with van der Waals surface area (Å²) in [5.41, 5.74) is 3.05. The van der Waals surface area contributed by atoms with Gasteiger partial charge in [0.2, 0.25) is 0 Å². The van der Waals surface area contributed by atoms with Crippen LogP contribution in [0.15, 0.2) is 11.4 Å². The van der Waals surface area contributed by atoms with Crippen LogP contribution < -0.4 is 0 Å². The van der Waals surface area contributed by atoms with E-state index in [9.17, 15) is 0 Å². The number of aromatic nitrogens is 4. The first-order valence-electron chi connectivity index (χ1n) is 4.80. The van der Waals surface area contributed by atoms with E-state index in [1.807, 2.05) is 17.1 Å². The second-order valence-corrected chi connectivity index (χ2v) is 5.19. The molecule has 0 radical (unpaired) electrons. The van der Waals surface area contributed by atoms with Crippen LogP contribution in [0.4, 0.5) is 0 Å². The number of hydrogen-bond acceptors (Lipinski definition) is 4. The van der Waals surface area contributed by atoms with Gasteiger partial charge in [0.1, 0.15) is 11.4 Å². The number of rotatable bonds is 1. The summed E-state index contributed by atoms with van der Waals surface area (Å²) in [5.74, 6) is 0. The molecular weight excluding hydrogens is 208 g/mol. The molecule has 0 bridgehead atoms. The number of nitrogens with zero attached hydrogens (tertiary/aromatic N) is 4. The molecule has 0 saturated heterocycles. The highest BCUT2D eigenvalue weighted by Gasteiger charge is 2.20. The van der Waals surface area contributed by atoms with Crippen molar-refractivity contribution >= 4 is 11.5 Å². The molecule has 4 nitrogen and oxygen atoms in total. The zero-order valence-electron chi connectivity index (χ0n) is 9.35. The minimum Gasteiger partial charge on any atom is -0.271 e. The van der Waals surface area contributed by atoms with Crippen LogP contribution in [0.2, 0.25) is 0 Å². The lowest BCUT2D eigenvalue weighted by Gasteiger charge is -2.17. The van der Waals surface area contributed by atoms with Crippen LogP contribution in [-0.4, -0.2) is 19.4 Å². The molecule has 0 aliphatic carbocycles. The Bertz CT molecular complexity index is 450. The predicted octanol–water partition coefficient (Wildman–Crippen LogP) is 2.24. The normalized spacial score (nSPS) is 12.0. The van der Waals surface area contributed by atoms with E-state index in [1.165, 1.54) is 17.2 Å². The molecule has 0 saturated carbocycles. The van der Waals surface area contributed by atoms with Gasteiger partial charge >= 0.3 is 0 Å². The highest BCUT2D eigenvalue weighted by molar-refractivity contribution is 7.03. The van der Waals surface area contributed by atoms with Crippen molar-refractivity contribution in [3.05, 3.63) is 17.1 Å². The fourth-order valence-electron chi connectivity index (χ4n) is 1.57. The molecule has 0 atom stereocenters. The molecule has 0 fully saturated rings. The van der Waals surface area contributed by atoms with Crippen molar-refractivity contribution in [2.24, 2.45) is 7.05 Å². The van der Waals surface area contributed by atoms with Gasteiger partial charge in [0.25, 0.3) is 0 Å². The summed E-state index contributed by atoms with van der Waals surface area (Å²) in [6, 6.07) is 2.08. The van der Waals surface area contributed by atoms with Gasteiger partial charge in [-0.1, -0.05) is 25.3 Å². The highest BCUT2D eigenvalue weighted by atomic mass is 32.1. The lowest BCUT2D eigenvalue weighted by Crippen LogP contribution is -2.16. The summed E-state index contributed by atoms with van der Waals surface area (Å²) in [6.45, 7) is 6.52. The smallest absolute Gasteiger partial charge is 0.126 e. The first kappa shape index (κ1) is 10.3. The maximum atomic E-state index is 4.44. The molecule has 2 heterocycles. The number of hydrogen-bond donors (Lipinski definition) is 0. The summed E-state index contributed by atoms with van der Waals surface area (Å²) in [6.07, 6.45) is 0. The first-order valence-corrected chi connectivity index (χ1v) is 5.64. The van der Waals surface area contributed by atoms with E-state index in [1.54, 1.807) is 0 Å². The molecule has 5 heteroatoms. The van der Waals surface area contributed by atoms with Crippen molar-refractivity contribution in [1.82, 2.24) is 19.4 Å². The Morgan fingerprint density at radius 1 is 1.27 bits per heavy atom. The average Bonchev–Trinajstić information content (AvgIpc) is 2.68. The molecule has 0 unspecified atom stereocenters. The maximum Gasteiger partial charge on any atom is 0.126 e. The molecule has 15 heavy (non-hydrogen) atoms. The highest BCUT2D eigenvalue weighted by Crippen LogP contribution is 2.26. The zero-order valence-corrected chi connectivity index (χ0v) is 10.2. The van der Waals surface area contributed by atoms with Crippen LogP contribution in [-0.2, 0) is 12.5 Å². The standard InChI is InChI=1S/C10H14N4S/c1-10(2,3)9-5-7(12-14(9)4)8-6-15-13-11-8/h5-6H,1-4H3. The molecule has 80 valence electrons. The quantitative estimate of drug-likeness (QED) is 0.743. The van der Waals surface area contributed by atoms with Gasteiger partial charge in [-0.3, -0.25) is 4.68 Å². The van der Waals surface area contributed by atoms with Crippen LogP contribution in [0.3, 0.4) is 0 Å². The van der Waals surface area contributed by atoms with Gasteiger partial charge in [0, 0.05) is 23.5 Å². The van der Waals surface area contributed by atoms with Gasteiger partial charge in [0.05, 0.1) is 0 Å². The summed E-state index contributed by atoms with van der Waals surface area (Å²) in [5, 5.41) is 10.4. The third-order valence-corrected chi connectivity index (χ3v) is 2.78. The minimum absolute atomic E-state index is 0.101. The van der Waals surface area contributed by atoms with Crippen molar-refractivity contribution in [2.75, 3.05) is 0 Å². The third kappa shape index (κ3) is 1.92. The lowest BCUT2D eigenvalue weighted by molar-refractivity contribution is 0.523. The van der Waals surface area contributed by atoms with Crippen LogP contribution in [0.25, 0.3) is 11.4 Å². The Hall–Kier alpha value is -1.23. The van der Waals surface area contributed by atoms with E-state index in [-0.39, 0.29) is 5.41 Å². The van der Waals surface area contributed by atoms with Gasteiger partial charge in [-0.05, 0) is 17.6 Å². The van der Waals surface area contributed by atoms with Crippen LogP contribution >= 0.6 is 11.5 Å². The molecule has 0 amide bonds. The molecule has 0 aromatic carbocycles. The molecule has 0 aliphatic rings. The summed E-state index contributed by atoms with van der Waals surface area (Å²) in [7, 11) is 1.96. The second-order valence-electron chi connectivity index (χ2n) is 4.58. The van der Waals surface area contributed by atoms with E-state index < -0.39 is 0 Å². The predicted molar refractivity (Wildman–Crippen MR) is 60.8 cm³/mol. The lowest BCUT2D eigenvalue weighted by atomic mass is 9.92. The zero-order chi connectivity index (χ0) is 11.1. The Morgan fingerprint density at radius 3 is 2.47 bits per heavy atom. The van der Waals surface area contributed by atoms with Gasteiger partial charge < -0.3 is 0 Å². The Morgan fingerprint density at radius 2 is 2.00 bits per heavy atom. The van der Waals surface area contributed by atoms with Crippen LogP contribution in [0, 0.1) is 0 Å². The second kappa shape index (κ2) is 3.41. The van der Waals surface area contributed by atoms with Crippen LogP contribution in [0.1, 0.15) is 26.5 Å². The Balaban J connectivity index is 2.47. The van der Waals surface area contributed by atoms with E-state index in [0.717, 1.165) is 11.4 Å². The van der Waals surface area contributed by atoms with Gasteiger partial charge in [-0.25, -0.2) is 0 Å². The van der Waals surface area contributed by atoms with Crippen molar-refractivity contribution in [2.45, 2.75) is 26.2 Å². The van der Waals surface area contributed by atoms with E-state index in [0.29, 0.717) is 0 Å². The van der Waals surface area contributed by atoms with Crippen LogP contribution in [0.5, 0.6) is 0 Å². The first-order chi connectivity index (χ1) is 6.98. The van der Waals surface area contributed by atoms with Crippen molar-refractivity contribution < 1.29 is 0 Å². The SMILES string of the molecule is Cn1nc(-c2csnn2)cc1C(C)(C)C. The molecule has 2 aromatic rings. The summed E-state index contributed by atoms with van der Waals surface area (Å²) >= 11 is 1.35. The molecule has 0 aliphatic heterocycles. The van der Waals surface area contributed by atoms with Gasteiger partial charge in [0.15, 0.2) is 0 Å². The van der Waals surface area contributed by atoms with E-state index in [2.05, 4.69) is 41.5 Å². The third-order valence-electron chi connectivity index (χ3n) is 2.27. The molecule has 2 aromatic heterocycles. The summed E-state index contributed by atoms with van der Waals surface area (Å²) in [4.78, 5) is 0. The van der Waals surface area contributed by atoms with Crippen molar-refractivity contribution in [3.63, 3.8) is 0 Å². The molecular formula is C10H14N4S. The fraction of sp³-hybridized carbons (Fsp3) is 0.500. The Kier molecular flexibility index (Phi) is 2.34.